The standard InChI is InChI=1S/C60H44N2O/c1-62-56(45-26-17-24-43(38-45)41-21-6-3-7-22-41)39-55(44-25-16-23-42(37-44)40-19-4-2-5-20-40)61-59(62)50-30-9-8-27-46(50)49-31-18-35-54-58(49)63-57-36-15-14-34-53(57)60(54)51-32-12-10-28-47(51)48-29-11-13-33-52(48)60/h3-4,6-39,59H,2,5H2,1H3. The molecule has 0 radical (unpaired) electrons. The van der Waals surface area contributed by atoms with E-state index < -0.39 is 5.41 Å². The van der Waals surface area contributed by atoms with E-state index in [0.717, 1.165) is 74.7 Å². The summed E-state index contributed by atoms with van der Waals surface area (Å²) in [5, 5.41) is 0. The lowest BCUT2D eigenvalue weighted by Crippen LogP contribution is -2.32. The van der Waals surface area contributed by atoms with Crippen LogP contribution in [0.3, 0.4) is 0 Å². The Labute approximate surface area is 369 Å². The van der Waals surface area contributed by atoms with Crippen molar-refractivity contribution in [1.29, 1.82) is 0 Å². The summed E-state index contributed by atoms with van der Waals surface area (Å²) in [4.78, 5) is 8.04. The van der Waals surface area contributed by atoms with E-state index in [0.29, 0.717) is 0 Å². The van der Waals surface area contributed by atoms with Crippen molar-refractivity contribution in [3.63, 3.8) is 0 Å². The minimum atomic E-state index is -0.553. The number of rotatable bonds is 6. The van der Waals surface area contributed by atoms with Gasteiger partial charge >= 0.3 is 0 Å². The van der Waals surface area contributed by atoms with Gasteiger partial charge in [0.1, 0.15) is 17.7 Å². The number of ether oxygens (including phenoxy) is 1. The van der Waals surface area contributed by atoms with Gasteiger partial charge in [-0.15, -0.1) is 0 Å². The van der Waals surface area contributed by atoms with Crippen molar-refractivity contribution in [3.8, 4) is 44.9 Å². The summed E-state index contributed by atoms with van der Waals surface area (Å²) < 4.78 is 7.18. The largest absolute Gasteiger partial charge is 0.456 e. The molecule has 0 bridgehead atoms. The molecule has 0 saturated heterocycles. The van der Waals surface area contributed by atoms with Crippen LogP contribution in [0.4, 0.5) is 0 Å². The first kappa shape index (κ1) is 37.0. The van der Waals surface area contributed by atoms with Gasteiger partial charge in [-0.25, -0.2) is 0 Å². The van der Waals surface area contributed by atoms with Gasteiger partial charge in [-0.2, -0.15) is 0 Å². The molecule has 300 valence electrons. The molecule has 1 unspecified atom stereocenters. The van der Waals surface area contributed by atoms with Crippen LogP contribution in [-0.4, -0.2) is 17.7 Å². The predicted molar refractivity (Wildman–Crippen MR) is 259 cm³/mol. The lowest BCUT2D eigenvalue weighted by atomic mass is 9.65. The normalized spacial score (nSPS) is 16.5. The van der Waals surface area contributed by atoms with Crippen molar-refractivity contribution in [2.45, 2.75) is 24.4 Å². The molecule has 0 saturated carbocycles. The molecule has 2 aliphatic carbocycles. The van der Waals surface area contributed by atoms with Gasteiger partial charge in [-0.3, -0.25) is 4.99 Å². The van der Waals surface area contributed by atoms with Crippen molar-refractivity contribution < 1.29 is 4.74 Å². The molecule has 2 aliphatic heterocycles. The SMILES string of the molecule is CN1C(c2cccc(-c3ccccc3)c2)=CC(c2cccc(C3=CCCC=C3)c2)=NC1c1ccccc1-c1cccc2c1Oc1ccccc1C21c2ccccc2-c2ccccc21. The fourth-order valence-corrected chi connectivity index (χ4v) is 10.6. The number of hydrogen-bond donors (Lipinski definition) is 0. The van der Waals surface area contributed by atoms with E-state index in [2.05, 4.69) is 230 Å². The first-order valence-corrected chi connectivity index (χ1v) is 22.0. The molecule has 3 heteroatoms. The molecule has 0 fully saturated rings. The molecule has 0 N–H and O–H groups in total. The fourth-order valence-electron chi connectivity index (χ4n) is 10.6. The molecule has 3 nitrogen and oxygen atoms in total. The van der Waals surface area contributed by atoms with Crippen LogP contribution < -0.4 is 4.74 Å². The molecule has 0 amide bonds. The molecule has 63 heavy (non-hydrogen) atoms. The van der Waals surface area contributed by atoms with Crippen LogP contribution in [0.2, 0.25) is 0 Å². The van der Waals surface area contributed by atoms with Crippen molar-refractivity contribution in [2.24, 2.45) is 4.99 Å². The van der Waals surface area contributed by atoms with Gasteiger partial charge in [0, 0.05) is 40.6 Å². The molecular formula is C60H44N2O. The first-order chi connectivity index (χ1) is 31.2. The maximum Gasteiger partial charge on any atom is 0.148 e. The van der Waals surface area contributed by atoms with Crippen molar-refractivity contribution in [2.75, 3.05) is 7.05 Å². The minimum absolute atomic E-state index is 0.345. The highest BCUT2D eigenvalue weighted by Gasteiger charge is 2.51. The number of hydrogen-bond acceptors (Lipinski definition) is 3. The highest BCUT2D eigenvalue weighted by atomic mass is 16.5. The third-order valence-corrected chi connectivity index (χ3v) is 13.4. The van der Waals surface area contributed by atoms with E-state index in [9.17, 15) is 0 Å². The van der Waals surface area contributed by atoms with Crippen molar-refractivity contribution in [3.05, 3.63) is 263 Å². The Morgan fingerprint density at radius 2 is 1.10 bits per heavy atom. The van der Waals surface area contributed by atoms with Crippen LogP contribution in [0.25, 0.3) is 44.7 Å². The average Bonchev–Trinajstić information content (AvgIpc) is 3.65. The van der Waals surface area contributed by atoms with Crippen LogP contribution in [-0.2, 0) is 5.41 Å². The van der Waals surface area contributed by atoms with E-state index in [1.165, 1.54) is 44.5 Å². The zero-order chi connectivity index (χ0) is 41.9. The maximum absolute atomic E-state index is 7.18. The van der Waals surface area contributed by atoms with Crippen LogP contribution in [0.5, 0.6) is 11.5 Å². The fraction of sp³-hybridized carbons (Fsp3) is 0.0833. The predicted octanol–water partition coefficient (Wildman–Crippen LogP) is 14.7. The highest BCUT2D eigenvalue weighted by Crippen LogP contribution is 2.63. The monoisotopic (exact) mass is 808 g/mol. The van der Waals surface area contributed by atoms with Gasteiger partial charge in [0.05, 0.1) is 11.1 Å². The molecule has 8 aromatic rings. The number of allylic oxidation sites excluding steroid dienone is 5. The molecular weight excluding hydrogens is 765 g/mol. The third-order valence-electron chi connectivity index (χ3n) is 13.4. The third kappa shape index (κ3) is 5.91. The summed E-state index contributed by atoms with van der Waals surface area (Å²) in [6.45, 7) is 0. The van der Waals surface area contributed by atoms with E-state index in [1.54, 1.807) is 0 Å². The van der Waals surface area contributed by atoms with E-state index in [-0.39, 0.29) is 6.17 Å². The number of fused-ring (bicyclic) bond motifs is 9. The summed E-state index contributed by atoms with van der Waals surface area (Å²) in [5.41, 5.74) is 19.2. The second-order valence-electron chi connectivity index (χ2n) is 16.9. The second kappa shape index (κ2) is 15.0. The number of benzene rings is 8. The quantitative estimate of drug-likeness (QED) is 0.167. The van der Waals surface area contributed by atoms with Crippen molar-refractivity contribution >= 4 is 17.0 Å². The number of nitrogens with zero attached hydrogens (tertiary/aromatic N) is 2. The molecule has 0 aromatic heterocycles. The van der Waals surface area contributed by atoms with Crippen LogP contribution in [0.1, 0.15) is 63.5 Å². The average molecular weight is 809 g/mol. The van der Waals surface area contributed by atoms with E-state index in [1.807, 2.05) is 0 Å². The van der Waals surface area contributed by atoms with Crippen molar-refractivity contribution in [1.82, 2.24) is 4.90 Å². The molecule has 8 aromatic carbocycles. The number of para-hydroxylation sites is 2. The zero-order valence-electron chi connectivity index (χ0n) is 35.1. The Bertz CT molecular complexity index is 3190. The minimum Gasteiger partial charge on any atom is -0.456 e. The Kier molecular flexibility index (Phi) is 8.82. The highest BCUT2D eigenvalue weighted by molar-refractivity contribution is 6.13. The lowest BCUT2D eigenvalue weighted by molar-refractivity contribution is 0.365. The first-order valence-electron chi connectivity index (χ1n) is 22.0. The summed E-state index contributed by atoms with van der Waals surface area (Å²) in [6.07, 6.45) is 10.9. The maximum atomic E-state index is 7.18. The molecule has 1 atom stereocenters. The van der Waals surface area contributed by atoms with Crippen LogP contribution >= 0.6 is 0 Å². The Balaban J connectivity index is 1.05. The molecule has 1 spiro atoms. The van der Waals surface area contributed by atoms with Gasteiger partial charge < -0.3 is 9.64 Å². The molecule has 2 heterocycles. The summed E-state index contributed by atoms with van der Waals surface area (Å²) in [5.74, 6) is 1.76. The van der Waals surface area contributed by atoms with E-state index in [4.69, 9.17) is 9.73 Å². The van der Waals surface area contributed by atoms with Gasteiger partial charge in [0.2, 0.25) is 0 Å². The van der Waals surface area contributed by atoms with E-state index >= 15 is 0 Å². The van der Waals surface area contributed by atoms with Crippen LogP contribution in [0.15, 0.2) is 223 Å². The summed E-state index contributed by atoms with van der Waals surface area (Å²) >= 11 is 0. The van der Waals surface area contributed by atoms with Gasteiger partial charge in [0.15, 0.2) is 0 Å². The Morgan fingerprint density at radius 1 is 0.508 bits per heavy atom. The smallest absolute Gasteiger partial charge is 0.148 e. The summed E-state index contributed by atoms with van der Waals surface area (Å²) in [6, 6.07) is 70.4. The van der Waals surface area contributed by atoms with Crippen LogP contribution in [0, 0.1) is 0 Å². The molecule has 4 aliphatic rings. The van der Waals surface area contributed by atoms with Gasteiger partial charge in [0.25, 0.3) is 0 Å². The Hall–Kier alpha value is -7.75. The number of aliphatic imine (C=N–C) groups is 1. The Morgan fingerprint density at radius 3 is 1.87 bits per heavy atom. The molecule has 12 rings (SSSR count). The topological polar surface area (TPSA) is 24.8 Å². The van der Waals surface area contributed by atoms with Gasteiger partial charge in [-0.05, 0) is 92.8 Å². The zero-order valence-corrected chi connectivity index (χ0v) is 35.1. The lowest BCUT2D eigenvalue weighted by Gasteiger charge is -2.40. The summed E-state index contributed by atoms with van der Waals surface area (Å²) in [7, 11) is 2.19. The second-order valence-corrected chi connectivity index (χ2v) is 16.9. The van der Waals surface area contributed by atoms with Gasteiger partial charge in [-0.1, -0.05) is 194 Å².